The molecule has 0 spiro atoms. The molecule has 0 amide bonds. The summed E-state index contributed by atoms with van der Waals surface area (Å²) in [6, 6.07) is 0. The number of rotatable bonds is 7. The van der Waals surface area contributed by atoms with Gasteiger partial charge in [0.2, 0.25) is 0 Å². The predicted octanol–water partition coefficient (Wildman–Crippen LogP) is 1.79. The lowest BCUT2D eigenvalue weighted by Gasteiger charge is -2.07. The minimum atomic E-state index is -2.90. The first-order chi connectivity index (χ1) is 6.52. The molecule has 0 aromatic carbocycles. The maximum atomic E-state index is 11.2. The highest BCUT2D eigenvalue weighted by Crippen LogP contribution is 2.40. The Morgan fingerprint density at radius 3 is 2.71 bits per heavy atom. The van der Waals surface area contributed by atoms with E-state index in [-0.39, 0.29) is 6.61 Å². The van der Waals surface area contributed by atoms with Crippen molar-refractivity contribution >= 4 is 13.3 Å². The fourth-order valence-corrected chi connectivity index (χ4v) is 1.88. The van der Waals surface area contributed by atoms with E-state index in [1.165, 1.54) is 0 Å². The third-order valence-corrected chi connectivity index (χ3v) is 3.81. The van der Waals surface area contributed by atoms with Crippen molar-refractivity contribution in [1.82, 2.24) is 0 Å². The fourth-order valence-electron chi connectivity index (χ4n) is 0.851. The first kappa shape index (κ1) is 13.4. The summed E-state index contributed by atoms with van der Waals surface area (Å²) in [6.45, 7) is 5.23. The van der Waals surface area contributed by atoms with Gasteiger partial charge in [-0.1, -0.05) is 13.5 Å². The number of hydrogen-bond acceptors (Lipinski definition) is 3. The Labute approximate surface area is 84.4 Å². The van der Waals surface area contributed by atoms with Gasteiger partial charge < -0.3 is 9.63 Å². The highest BCUT2D eigenvalue weighted by atomic mass is 31.2. The van der Waals surface area contributed by atoms with Crippen LogP contribution in [0.4, 0.5) is 0 Å². The minimum Gasteiger partial charge on any atom is -0.463 e. The molecule has 0 fully saturated rings. The van der Waals surface area contributed by atoms with Gasteiger partial charge in [-0.3, -0.25) is 4.57 Å². The zero-order valence-electron chi connectivity index (χ0n) is 8.44. The molecule has 82 valence electrons. The number of carbonyl (C=O) groups is 1. The zero-order chi connectivity index (χ0) is 11.0. The summed E-state index contributed by atoms with van der Waals surface area (Å²) in [7, 11) is -2.90. The van der Waals surface area contributed by atoms with Crippen LogP contribution in [0, 0.1) is 0 Å². The Morgan fingerprint density at radius 2 is 2.21 bits per heavy atom. The first-order valence-corrected chi connectivity index (χ1v) is 6.65. The summed E-state index contributed by atoms with van der Waals surface area (Å²) < 4.78 is 15.9. The second-order valence-electron chi connectivity index (χ2n) is 2.96. The molecule has 0 saturated heterocycles. The Bertz CT molecular complexity index is 237. The summed E-state index contributed by atoms with van der Waals surface area (Å²) in [5.74, 6) is -0.451. The van der Waals surface area contributed by atoms with E-state index in [9.17, 15) is 14.3 Å². The van der Waals surface area contributed by atoms with Crippen LogP contribution in [0.5, 0.6) is 0 Å². The molecule has 0 saturated carbocycles. The Hall–Kier alpha value is -0.600. The molecule has 0 aliphatic rings. The van der Waals surface area contributed by atoms with Crippen molar-refractivity contribution in [2.75, 3.05) is 18.9 Å². The standard InChI is InChI=1S/C9H17O4P/c1-3-9(10)13-7-5-6-8-14(11,12)4-2/h3H,1,4-8H2,2H3,(H,11,12). The van der Waals surface area contributed by atoms with Crippen LogP contribution < -0.4 is 0 Å². The normalized spacial score (nSPS) is 14.4. The maximum Gasteiger partial charge on any atom is 0.330 e. The average molecular weight is 220 g/mol. The molecule has 0 rings (SSSR count). The molecular formula is C9H17O4P. The van der Waals surface area contributed by atoms with Gasteiger partial charge in [0, 0.05) is 18.4 Å². The van der Waals surface area contributed by atoms with Gasteiger partial charge in [-0.2, -0.15) is 0 Å². The highest BCUT2D eigenvalue weighted by Gasteiger charge is 2.13. The van der Waals surface area contributed by atoms with Crippen LogP contribution in [0.1, 0.15) is 19.8 Å². The van der Waals surface area contributed by atoms with E-state index < -0.39 is 13.3 Å². The predicted molar refractivity (Wildman–Crippen MR) is 55.6 cm³/mol. The smallest absolute Gasteiger partial charge is 0.330 e. The van der Waals surface area contributed by atoms with Gasteiger partial charge in [0.25, 0.3) is 0 Å². The number of unbranched alkanes of at least 4 members (excludes halogenated alkanes) is 1. The summed E-state index contributed by atoms with van der Waals surface area (Å²) >= 11 is 0. The van der Waals surface area contributed by atoms with E-state index in [2.05, 4.69) is 6.58 Å². The Morgan fingerprint density at radius 1 is 1.57 bits per heavy atom. The number of carbonyl (C=O) groups excluding carboxylic acids is 1. The molecule has 0 radical (unpaired) electrons. The van der Waals surface area contributed by atoms with Crippen LogP contribution in [-0.4, -0.2) is 29.8 Å². The van der Waals surface area contributed by atoms with Crippen LogP contribution >= 0.6 is 7.37 Å². The third kappa shape index (κ3) is 6.87. The summed E-state index contributed by atoms with van der Waals surface area (Å²) in [4.78, 5) is 19.8. The van der Waals surface area contributed by atoms with Gasteiger partial charge in [0.15, 0.2) is 7.37 Å². The van der Waals surface area contributed by atoms with Crippen LogP contribution in [0.15, 0.2) is 12.7 Å². The molecule has 1 N–H and O–H groups in total. The molecule has 1 atom stereocenters. The van der Waals surface area contributed by atoms with Gasteiger partial charge in [0.1, 0.15) is 0 Å². The molecule has 0 bridgehead atoms. The van der Waals surface area contributed by atoms with Crippen LogP contribution in [0.3, 0.4) is 0 Å². The van der Waals surface area contributed by atoms with Gasteiger partial charge in [0.05, 0.1) is 6.61 Å². The molecule has 0 aliphatic heterocycles. The quantitative estimate of drug-likeness (QED) is 0.307. The van der Waals surface area contributed by atoms with Crippen molar-refractivity contribution in [3.8, 4) is 0 Å². The summed E-state index contributed by atoms with van der Waals surface area (Å²) in [5.41, 5.74) is 0. The zero-order valence-corrected chi connectivity index (χ0v) is 9.33. The van der Waals surface area contributed by atoms with E-state index in [0.717, 1.165) is 6.08 Å². The third-order valence-electron chi connectivity index (χ3n) is 1.81. The van der Waals surface area contributed by atoms with E-state index in [1.807, 2.05) is 0 Å². The van der Waals surface area contributed by atoms with Gasteiger partial charge in [-0.15, -0.1) is 0 Å². The molecule has 1 unspecified atom stereocenters. The molecule has 0 aromatic rings. The number of esters is 1. The van der Waals surface area contributed by atoms with Crippen molar-refractivity contribution in [3.63, 3.8) is 0 Å². The average Bonchev–Trinajstić information content (AvgIpc) is 2.17. The first-order valence-electron chi connectivity index (χ1n) is 4.62. The molecule has 5 heteroatoms. The molecule has 14 heavy (non-hydrogen) atoms. The van der Waals surface area contributed by atoms with Gasteiger partial charge in [-0.25, -0.2) is 4.79 Å². The SMILES string of the molecule is C=CC(=O)OCCCCP(=O)(O)CC. The van der Waals surface area contributed by atoms with Crippen LogP contribution in [-0.2, 0) is 14.1 Å². The van der Waals surface area contributed by atoms with Crippen molar-refractivity contribution in [1.29, 1.82) is 0 Å². The highest BCUT2D eigenvalue weighted by molar-refractivity contribution is 7.57. The van der Waals surface area contributed by atoms with Crippen LogP contribution in [0.2, 0.25) is 0 Å². The molecule has 0 heterocycles. The molecular weight excluding hydrogens is 203 g/mol. The number of hydrogen-bond donors (Lipinski definition) is 1. The van der Waals surface area contributed by atoms with E-state index >= 15 is 0 Å². The topological polar surface area (TPSA) is 63.6 Å². The van der Waals surface area contributed by atoms with E-state index in [0.29, 0.717) is 25.2 Å². The monoisotopic (exact) mass is 220 g/mol. The van der Waals surface area contributed by atoms with Gasteiger partial charge in [-0.05, 0) is 12.8 Å². The van der Waals surface area contributed by atoms with Crippen molar-refractivity contribution in [3.05, 3.63) is 12.7 Å². The van der Waals surface area contributed by atoms with Crippen molar-refractivity contribution < 1.29 is 19.0 Å². The van der Waals surface area contributed by atoms with Gasteiger partial charge >= 0.3 is 5.97 Å². The summed E-state index contributed by atoms with van der Waals surface area (Å²) in [5, 5.41) is 0. The van der Waals surface area contributed by atoms with Crippen LogP contribution in [0.25, 0.3) is 0 Å². The molecule has 4 nitrogen and oxygen atoms in total. The fraction of sp³-hybridized carbons (Fsp3) is 0.667. The van der Waals surface area contributed by atoms with Crippen molar-refractivity contribution in [2.45, 2.75) is 19.8 Å². The van der Waals surface area contributed by atoms with Crippen molar-refractivity contribution in [2.24, 2.45) is 0 Å². The summed E-state index contributed by atoms with van der Waals surface area (Å²) in [6.07, 6.45) is 2.92. The van der Waals surface area contributed by atoms with E-state index in [4.69, 9.17) is 4.74 Å². The second-order valence-corrected chi connectivity index (χ2v) is 5.74. The molecule has 0 aliphatic carbocycles. The minimum absolute atomic E-state index is 0.286. The lowest BCUT2D eigenvalue weighted by atomic mass is 10.4. The molecule has 0 aromatic heterocycles. The lowest BCUT2D eigenvalue weighted by Crippen LogP contribution is -2.02. The largest absolute Gasteiger partial charge is 0.463 e. The maximum absolute atomic E-state index is 11.2. The Balaban J connectivity index is 3.43. The Kier molecular flexibility index (Phi) is 6.50. The van der Waals surface area contributed by atoms with E-state index in [1.54, 1.807) is 6.92 Å². The second kappa shape index (κ2) is 6.80. The number of ether oxygens (including phenoxy) is 1. The lowest BCUT2D eigenvalue weighted by molar-refractivity contribution is -0.137.